The molecule has 1 aliphatic carbocycles. The third-order valence-corrected chi connectivity index (χ3v) is 3.84. The van der Waals surface area contributed by atoms with Crippen molar-refractivity contribution in [1.82, 2.24) is 5.32 Å². The molecule has 0 aromatic carbocycles. The fraction of sp³-hybridized carbons (Fsp3) is 0.643. The van der Waals surface area contributed by atoms with E-state index in [0.29, 0.717) is 17.7 Å². The Labute approximate surface area is 107 Å². The molecule has 1 heterocycles. The molecule has 1 aromatic rings. The van der Waals surface area contributed by atoms with Gasteiger partial charge in [-0.05, 0) is 37.8 Å². The van der Waals surface area contributed by atoms with E-state index in [1.54, 1.807) is 6.07 Å². The number of carboxylic acid groups (broad SMARTS) is 1. The Bertz CT molecular complexity index is 413. The van der Waals surface area contributed by atoms with Crippen LogP contribution in [0.25, 0.3) is 0 Å². The fourth-order valence-electron chi connectivity index (χ4n) is 2.67. The van der Waals surface area contributed by atoms with Gasteiger partial charge in [0.15, 0.2) is 0 Å². The average molecular weight is 251 g/mol. The van der Waals surface area contributed by atoms with Gasteiger partial charge in [-0.15, -0.1) is 0 Å². The van der Waals surface area contributed by atoms with E-state index in [4.69, 9.17) is 9.52 Å². The molecule has 0 saturated heterocycles. The van der Waals surface area contributed by atoms with Crippen LogP contribution in [0.4, 0.5) is 0 Å². The van der Waals surface area contributed by atoms with Crippen molar-refractivity contribution in [2.24, 2.45) is 5.92 Å². The number of carboxylic acids is 1. The molecule has 0 amide bonds. The molecule has 3 atom stereocenters. The molecule has 2 N–H and O–H groups in total. The number of furan rings is 1. The number of nitrogens with one attached hydrogen (secondary N) is 1. The van der Waals surface area contributed by atoms with Gasteiger partial charge in [-0.1, -0.05) is 19.8 Å². The molecule has 0 spiro atoms. The lowest BCUT2D eigenvalue weighted by Crippen LogP contribution is -2.38. The Morgan fingerprint density at radius 2 is 2.17 bits per heavy atom. The van der Waals surface area contributed by atoms with E-state index in [-0.39, 0.29) is 11.8 Å². The Balaban J connectivity index is 1.97. The summed E-state index contributed by atoms with van der Waals surface area (Å²) < 4.78 is 5.32. The molecule has 0 radical (unpaired) electrons. The Morgan fingerprint density at radius 3 is 2.78 bits per heavy atom. The van der Waals surface area contributed by atoms with Crippen LogP contribution in [-0.2, 0) is 0 Å². The quantitative estimate of drug-likeness (QED) is 0.862. The van der Waals surface area contributed by atoms with Gasteiger partial charge >= 0.3 is 5.97 Å². The maximum atomic E-state index is 10.8. The first-order valence-electron chi connectivity index (χ1n) is 6.67. The SMILES string of the molecule is CC(NC1CCCCC1C)c1ccc(C(=O)O)o1. The fourth-order valence-corrected chi connectivity index (χ4v) is 2.67. The lowest BCUT2D eigenvalue weighted by atomic mass is 9.85. The topological polar surface area (TPSA) is 62.5 Å². The van der Waals surface area contributed by atoms with Gasteiger partial charge in [0.1, 0.15) is 5.76 Å². The highest BCUT2D eigenvalue weighted by Crippen LogP contribution is 2.26. The second-order valence-corrected chi connectivity index (χ2v) is 5.26. The van der Waals surface area contributed by atoms with Crippen LogP contribution in [0.15, 0.2) is 16.5 Å². The van der Waals surface area contributed by atoms with Crippen molar-refractivity contribution >= 4 is 5.97 Å². The van der Waals surface area contributed by atoms with Crippen molar-refractivity contribution in [3.8, 4) is 0 Å². The molecule has 1 aromatic heterocycles. The van der Waals surface area contributed by atoms with Crippen molar-refractivity contribution in [3.05, 3.63) is 23.7 Å². The van der Waals surface area contributed by atoms with Crippen molar-refractivity contribution in [3.63, 3.8) is 0 Å². The molecule has 0 aliphatic heterocycles. The molecule has 0 bridgehead atoms. The summed E-state index contributed by atoms with van der Waals surface area (Å²) >= 11 is 0. The molecule has 4 nitrogen and oxygen atoms in total. The molecule has 1 aliphatic rings. The van der Waals surface area contributed by atoms with E-state index >= 15 is 0 Å². The number of aromatic carboxylic acids is 1. The van der Waals surface area contributed by atoms with E-state index in [2.05, 4.69) is 12.2 Å². The zero-order chi connectivity index (χ0) is 13.1. The molecule has 18 heavy (non-hydrogen) atoms. The summed E-state index contributed by atoms with van der Waals surface area (Å²) in [5.41, 5.74) is 0. The third-order valence-electron chi connectivity index (χ3n) is 3.84. The standard InChI is InChI=1S/C14H21NO3/c1-9-5-3-4-6-11(9)15-10(2)12-7-8-13(18-12)14(16)17/h7-11,15H,3-6H2,1-2H3,(H,16,17). The molecule has 1 saturated carbocycles. The van der Waals surface area contributed by atoms with Crippen molar-refractivity contribution in [2.45, 2.75) is 51.6 Å². The van der Waals surface area contributed by atoms with Crippen LogP contribution in [0.1, 0.15) is 61.9 Å². The first-order valence-corrected chi connectivity index (χ1v) is 6.67. The van der Waals surface area contributed by atoms with E-state index in [9.17, 15) is 4.79 Å². The zero-order valence-electron chi connectivity index (χ0n) is 11.0. The molecule has 2 rings (SSSR count). The van der Waals surface area contributed by atoms with Crippen LogP contribution in [-0.4, -0.2) is 17.1 Å². The summed E-state index contributed by atoms with van der Waals surface area (Å²) in [5.74, 6) is 0.370. The zero-order valence-corrected chi connectivity index (χ0v) is 11.0. The van der Waals surface area contributed by atoms with Gasteiger partial charge in [0, 0.05) is 6.04 Å². The van der Waals surface area contributed by atoms with Crippen LogP contribution < -0.4 is 5.32 Å². The van der Waals surface area contributed by atoms with Gasteiger partial charge in [0.25, 0.3) is 0 Å². The number of hydrogen-bond donors (Lipinski definition) is 2. The molecule has 1 fully saturated rings. The predicted octanol–water partition coefficient (Wildman–Crippen LogP) is 3.21. The minimum Gasteiger partial charge on any atom is -0.475 e. The monoisotopic (exact) mass is 251 g/mol. The van der Waals surface area contributed by atoms with Gasteiger partial charge < -0.3 is 14.8 Å². The molecular formula is C14H21NO3. The average Bonchev–Trinajstić information content (AvgIpc) is 2.81. The minimum absolute atomic E-state index is 0.00958. The highest BCUT2D eigenvalue weighted by molar-refractivity contribution is 5.84. The van der Waals surface area contributed by atoms with E-state index in [1.165, 1.54) is 31.7 Å². The lowest BCUT2D eigenvalue weighted by molar-refractivity contribution is 0.0659. The number of rotatable bonds is 4. The lowest BCUT2D eigenvalue weighted by Gasteiger charge is -2.31. The van der Waals surface area contributed by atoms with Crippen LogP contribution in [0.3, 0.4) is 0 Å². The second-order valence-electron chi connectivity index (χ2n) is 5.26. The largest absolute Gasteiger partial charge is 0.475 e. The van der Waals surface area contributed by atoms with Gasteiger partial charge in [0.2, 0.25) is 5.76 Å². The van der Waals surface area contributed by atoms with Crippen LogP contribution >= 0.6 is 0 Å². The Morgan fingerprint density at radius 1 is 1.44 bits per heavy atom. The number of carbonyl (C=O) groups is 1. The Hall–Kier alpha value is -1.29. The first kappa shape index (κ1) is 13.1. The normalized spacial score (nSPS) is 25.9. The van der Waals surface area contributed by atoms with Gasteiger partial charge in [-0.25, -0.2) is 4.79 Å². The molecule has 3 unspecified atom stereocenters. The molecular weight excluding hydrogens is 230 g/mol. The molecule has 100 valence electrons. The predicted molar refractivity (Wildman–Crippen MR) is 68.6 cm³/mol. The smallest absolute Gasteiger partial charge is 0.371 e. The van der Waals surface area contributed by atoms with E-state index in [0.717, 1.165) is 0 Å². The summed E-state index contributed by atoms with van der Waals surface area (Å²) in [7, 11) is 0. The van der Waals surface area contributed by atoms with Crippen molar-refractivity contribution in [1.29, 1.82) is 0 Å². The van der Waals surface area contributed by atoms with Crippen molar-refractivity contribution in [2.75, 3.05) is 0 Å². The summed E-state index contributed by atoms with van der Waals surface area (Å²) in [6.07, 6.45) is 5.05. The molecule has 4 heteroatoms. The third kappa shape index (κ3) is 2.93. The van der Waals surface area contributed by atoms with Crippen molar-refractivity contribution < 1.29 is 14.3 Å². The highest BCUT2D eigenvalue weighted by atomic mass is 16.4. The number of hydrogen-bond acceptors (Lipinski definition) is 3. The van der Waals surface area contributed by atoms with Gasteiger partial charge in [-0.2, -0.15) is 0 Å². The minimum atomic E-state index is -1.01. The summed E-state index contributed by atoms with van der Waals surface area (Å²) in [6.45, 7) is 4.29. The Kier molecular flexibility index (Phi) is 4.07. The second kappa shape index (κ2) is 5.57. The van der Waals surface area contributed by atoms with Crippen LogP contribution in [0.2, 0.25) is 0 Å². The summed E-state index contributed by atoms with van der Waals surface area (Å²) in [6, 6.07) is 3.82. The summed E-state index contributed by atoms with van der Waals surface area (Å²) in [4.78, 5) is 10.8. The van der Waals surface area contributed by atoms with Crippen LogP contribution in [0.5, 0.6) is 0 Å². The summed E-state index contributed by atoms with van der Waals surface area (Å²) in [5, 5.41) is 12.4. The highest BCUT2D eigenvalue weighted by Gasteiger charge is 2.24. The maximum absolute atomic E-state index is 10.8. The van der Waals surface area contributed by atoms with Gasteiger partial charge in [-0.3, -0.25) is 0 Å². The van der Waals surface area contributed by atoms with E-state index in [1.807, 2.05) is 6.92 Å². The maximum Gasteiger partial charge on any atom is 0.371 e. The van der Waals surface area contributed by atoms with Gasteiger partial charge in [0.05, 0.1) is 6.04 Å². The van der Waals surface area contributed by atoms with Crippen LogP contribution in [0, 0.1) is 5.92 Å². The first-order chi connectivity index (χ1) is 8.58. The van der Waals surface area contributed by atoms with E-state index < -0.39 is 5.97 Å².